The normalized spacial score (nSPS) is 13.1. The number of ether oxygens (including phenoxy) is 1. The number of carbonyl (C=O) groups excluding carboxylic acids is 2. The molecule has 0 atom stereocenters. The molecule has 7 rings (SSSR count). The molecule has 3 N–H and O–H groups in total. The predicted octanol–water partition coefficient (Wildman–Crippen LogP) is 7.22. The number of anilines is 4. The first-order valence-corrected chi connectivity index (χ1v) is 18.2. The number of hydrogen-bond acceptors (Lipinski definition) is 9. The van der Waals surface area contributed by atoms with Gasteiger partial charge in [0, 0.05) is 49.2 Å². The number of nitrogens with zero attached hydrogens (tertiary/aromatic N) is 7. The van der Waals surface area contributed by atoms with Crippen LogP contribution in [-0.4, -0.2) is 79.7 Å². The highest BCUT2D eigenvalue weighted by Crippen LogP contribution is 2.32. The van der Waals surface area contributed by atoms with Crippen LogP contribution >= 0.6 is 0 Å². The summed E-state index contributed by atoms with van der Waals surface area (Å²) in [5.74, 6) is 2.20. The molecule has 0 bridgehead atoms. The van der Waals surface area contributed by atoms with Crippen LogP contribution in [0.4, 0.5) is 27.9 Å². The van der Waals surface area contributed by atoms with E-state index in [1.807, 2.05) is 92.8 Å². The van der Waals surface area contributed by atoms with Crippen LogP contribution < -0.4 is 20.7 Å². The summed E-state index contributed by atoms with van der Waals surface area (Å²) in [6, 6.07) is 24.9. The van der Waals surface area contributed by atoms with Crippen molar-refractivity contribution in [3.63, 3.8) is 0 Å². The van der Waals surface area contributed by atoms with Gasteiger partial charge < -0.3 is 25.2 Å². The Morgan fingerprint density at radius 1 is 0.833 bits per heavy atom. The Morgan fingerprint density at radius 3 is 2.39 bits per heavy atom. The number of fused-ring (bicyclic) bond motifs is 1. The van der Waals surface area contributed by atoms with Crippen LogP contribution in [0.5, 0.6) is 5.75 Å². The lowest BCUT2D eigenvalue weighted by Gasteiger charge is -2.32. The first-order chi connectivity index (χ1) is 26.3. The fraction of sp³-hybridized carbons (Fsp3) is 0.268. The van der Waals surface area contributed by atoms with Gasteiger partial charge in [0.05, 0.1) is 29.5 Å². The van der Waals surface area contributed by atoms with Gasteiger partial charge in [-0.15, -0.1) is 0 Å². The molecule has 0 aliphatic carbocycles. The molecule has 13 nitrogen and oxygen atoms in total. The van der Waals surface area contributed by atoms with Crippen molar-refractivity contribution in [3.8, 4) is 11.4 Å². The van der Waals surface area contributed by atoms with Gasteiger partial charge in [-0.3, -0.25) is 10.1 Å². The predicted molar refractivity (Wildman–Crippen MR) is 211 cm³/mol. The second-order valence-electron chi connectivity index (χ2n) is 13.5. The molecular formula is C41H44N10O3. The van der Waals surface area contributed by atoms with Crippen molar-refractivity contribution in [2.45, 2.75) is 39.7 Å². The summed E-state index contributed by atoms with van der Waals surface area (Å²) in [7, 11) is 2.05. The molecule has 0 saturated carbocycles. The largest absolute Gasteiger partial charge is 0.488 e. The summed E-state index contributed by atoms with van der Waals surface area (Å²) in [6.07, 6.45) is 7.64. The van der Waals surface area contributed by atoms with Crippen molar-refractivity contribution < 1.29 is 14.3 Å². The number of pyridine rings is 1. The minimum atomic E-state index is -0.373. The first-order valence-electron chi connectivity index (χ1n) is 18.2. The fourth-order valence-corrected chi connectivity index (χ4v) is 6.26. The minimum Gasteiger partial charge on any atom is -0.488 e. The van der Waals surface area contributed by atoms with E-state index in [4.69, 9.17) is 9.84 Å². The zero-order chi connectivity index (χ0) is 37.4. The van der Waals surface area contributed by atoms with Gasteiger partial charge in [0.25, 0.3) is 5.91 Å². The first kappa shape index (κ1) is 36.0. The number of carbonyl (C=O) groups is 2. The van der Waals surface area contributed by atoms with E-state index in [1.54, 1.807) is 22.0 Å². The Bertz CT molecular complexity index is 2230. The molecule has 1 saturated heterocycles. The highest BCUT2D eigenvalue weighted by molar-refractivity contribution is 6.07. The summed E-state index contributed by atoms with van der Waals surface area (Å²) in [4.78, 5) is 43.5. The summed E-state index contributed by atoms with van der Waals surface area (Å²) < 4.78 is 8.09. The van der Waals surface area contributed by atoms with Gasteiger partial charge in [-0.2, -0.15) is 5.10 Å². The lowest BCUT2D eigenvalue weighted by atomic mass is 10.1. The van der Waals surface area contributed by atoms with Gasteiger partial charge in [0.15, 0.2) is 0 Å². The number of piperazine rings is 1. The van der Waals surface area contributed by atoms with Crippen LogP contribution in [-0.2, 0) is 13.0 Å². The van der Waals surface area contributed by atoms with E-state index >= 15 is 0 Å². The molecule has 13 heteroatoms. The molecule has 0 unspecified atom stereocenters. The maximum Gasteiger partial charge on any atom is 0.324 e. The van der Waals surface area contributed by atoms with Crippen molar-refractivity contribution in [2.24, 2.45) is 0 Å². The molecular weight excluding hydrogens is 681 g/mol. The number of aromatic nitrogens is 5. The van der Waals surface area contributed by atoms with E-state index in [9.17, 15) is 9.59 Å². The SMILES string of the molecule is CCCCc1cc(NC(=O)Nc2ccc(OCc3ccnc(Nc4cnc(C(=O)N5CCN(C)CC5)cn4)c3)c3ccccc23)n(-c2ccc(C)cc2)n1. The van der Waals surface area contributed by atoms with E-state index in [0.717, 1.165) is 65.6 Å². The second-order valence-corrected chi connectivity index (χ2v) is 13.5. The Kier molecular flexibility index (Phi) is 11.0. The third-order valence-corrected chi connectivity index (χ3v) is 9.34. The van der Waals surface area contributed by atoms with Gasteiger partial charge in [0.1, 0.15) is 35.5 Å². The summed E-state index contributed by atoms with van der Waals surface area (Å²) in [5.41, 5.74) is 4.80. The molecule has 3 amide bonds. The van der Waals surface area contributed by atoms with E-state index in [0.29, 0.717) is 47.7 Å². The average Bonchev–Trinajstić information content (AvgIpc) is 3.59. The van der Waals surface area contributed by atoms with E-state index in [2.05, 4.69) is 42.7 Å². The Morgan fingerprint density at radius 2 is 1.63 bits per heavy atom. The minimum absolute atomic E-state index is 0.114. The fourth-order valence-electron chi connectivity index (χ4n) is 6.26. The van der Waals surface area contributed by atoms with Crippen LogP contribution in [0.2, 0.25) is 0 Å². The summed E-state index contributed by atoms with van der Waals surface area (Å²) in [5, 5.41) is 15.7. The maximum absolute atomic E-state index is 13.4. The van der Waals surface area contributed by atoms with Crippen molar-refractivity contribution in [1.29, 1.82) is 0 Å². The van der Waals surface area contributed by atoms with Gasteiger partial charge in [0.2, 0.25) is 0 Å². The number of unbranched alkanes of at least 4 members (excludes halogenated alkanes) is 1. The Labute approximate surface area is 314 Å². The number of rotatable bonds is 12. The smallest absolute Gasteiger partial charge is 0.324 e. The molecule has 0 radical (unpaired) electrons. The average molecular weight is 725 g/mol. The van der Waals surface area contributed by atoms with Crippen molar-refractivity contribution >= 4 is 45.9 Å². The summed E-state index contributed by atoms with van der Waals surface area (Å²) in [6.45, 7) is 7.49. The topological polar surface area (TPSA) is 142 Å². The molecule has 4 heterocycles. The molecule has 3 aromatic carbocycles. The van der Waals surface area contributed by atoms with Gasteiger partial charge in [-0.1, -0.05) is 55.3 Å². The second kappa shape index (κ2) is 16.6. The highest BCUT2D eigenvalue weighted by atomic mass is 16.5. The summed E-state index contributed by atoms with van der Waals surface area (Å²) >= 11 is 0. The van der Waals surface area contributed by atoms with Gasteiger partial charge in [-0.25, -0.2) is 24.4 Å². The van der Waals surface area contributed by atoms with Gasteiger partial charge in [-0.05, 0) is 68.8 Å². The molecule has 1 aliphatic heterocycles. The number of likely N-dealkylation sites (N-methyl/N-ethyl adjacent to an activating group) is 1. The molecule has 1 fully saturated rings. The number of urea groups is 1. The maximum atomic E-state index is 13.4. The Hall–Kier alpha value is -6.34. The van der Waals surface area contributed by atoms with Crippen LogP contribution in [0.15, 0.2) is 97.5 Å². The van der Waals surface area contributed by atoms with Gasteiger partial charge >= 0.3 is 6.03 Å². The van der Waals surface area contributed by atoms with E-state index in [1.165, 1.54) is 6.20 Å². The number of hydrogen-bond donors (Lipinski definition) is 3. The van der Waals surface area contributed by atoms with Crippen molar-refractivity contribution in [1.82, 2.24) is 34.5 Å². The van der Waals surface area contributed by atoms with E-state index < -0.39 is 0 Å². The molecule has 1 aliphatic rings. The van der Waals surface area contributed by atoms with Crippen molar-refractivity contribution in [2.75, 3.05) is 49.2 Å². The Balaban J connectivity index is 1.00. The number of amides is 3. The zero-order valence-electron chi connectivity index (χ0n) is 30.7. The van der Waals surface area contributed by atoms with Crippen LogP contribution in [0.1, 0.15) is 47.1 Å². The van der Waals surface area contributed by atoms with Crippen LogP contribution in [0, 0.1) is 6.92 Å². The third kappa shape index (κ3) is 8.64. The number of nitrogens with one attached hydrogen (secondary N) is 3. The monoisotopic (exact) mass is 724 g/mol. The molecule has 3 aromatic heterocycles. The quantitative estimate of drug-likeness (QED) is 0.119. The number of benzene rings is 3. The lowest BCUT2D eigenvalue weighted by molar-refractivity contribution is 0.0657. The van der Waals surface area contributed by atoms with E-state index in [-0.39, 0.29) is 18.5 Å². The molecule has 54 heavy (non-hydrogen) atoms. The third-order valence-electron chi connectivity index (χ3n) is 9.34. The lowest BCUT2D eigenvalue weighted by Crippen LogP contribution is -2.47. The highest BCUT2D eigenvalue weighted by Gasteiger charge is 2.22. The number of aryl methyl sites for hydroxylation is 2. The zero-order valence-corrected chi connectivity index (χ0v) is 30.7. The molecule has 0 spiro atoms. The molecule has 6 aromatic rings. The standard InChI is InChI=1S/C41H44N10O3/c1-4-5-8-30-24-39(51(48-30)31-13-11-28(2)12-14-31)47-41(53)45-34-15-16-36(33-10-7-6-9-32(33)34)54-27-29-17-18-42-37(23-29)46-38-26-43-35(25-44-38)40(52)50-21-19-49(3)20-22-50/h6-7,9-18,23-26H,4-5,8,19-22,27H2,1-3H3,(H,42,44,46)(H2,45,47,53). The van der Waals surface area contributed by atoms with Crippen LogP contribution in [0.3, 0.4) is 0 Å². The molecule has 276 valence electrons. The van der Waals surface area contributed by atoms with Crippen molar-refractivity contribution in [3.05, 3.63) is 120 Å². The van der Waals surface area contributed by atoms with Crippen LogP contribution in [0.25, 0.3) is 16.5 Å².